The van der Waals surface area contributed by atoms with E-state index in [1.807, 2.05) is 42.5 Å². The molecule has 2 rings (SSSR count). The van der Waals surface area contributed by atoms with Crippen molar-refractivity contribution in [3.63, 3.8) is 0 Å². The van der Waals surface area contributed by atoms with Crippen LogP contribution in [-0.4, -0.2) is 31.0 Å². The van der Waals surface area contributed by atoms with Crippen molar-refractivity contribution >= 4 is 28.2 Å². The Morgan fingerprint density at radius 3 is 2.56 bits per heavy atom. The third-order valence-electron chi connectivity index (χ3n) is 4.35. The third-order valence-corrected chi connectivity index (χ3v) is 4.85. The van der Waals surface area contributed by atoms with Gasteiger partial charge in [-0.2, -0.15) is 0 Å². The maximum Gasteiger partial charge on any atom is 0.303 e. The van der Waals surface area contributed by atoms with Gasteiger partial charge in [-0.25, -0.2) is 0 Å². The zero-order valence-electron chi connectivity index (χ0n) is 15.3. The fraction of sp³-hybridized carbons (Fsp3) is 0.333. The Hall–Kier alpha value is -2.18. The molecule has 0 saturated heterocycles. The number of aldehydes is 1. The molecule has 1 atom stereocenters. The lowest BCUT2D eigenvalue weighted by atomic mass is 9.94. The second-order valence-corrected chi connectivity index (χ2v) is 7.17. The van der Waals surface area contributed by atoms with Crippen molar-refractivity contribution in [1.29, 1.82) is 0 Å². The van der Waals surface area contributed by atoms with Crippen LogP contribution in [0, 0.1) is 0 Å². The monoisotopic (exact) mass is 433 g/mol. The Labute approximate surface area is 167 Å². The number of carboxylic acid groups (broad SMARTS) is 1. The van der Waals surface area contributed by atoms with Gasteiger partial charge >= 0.3 is 5.97 Å². The Morgan fingerprint density at radius 1 is 1.19 bits per heavy atom. The van der Waals surface area contributed by atoms with E-state index in [0.29, 0.717) is 12.0 Å². The first-order valence-corrected chi connectivity index (χ1v) is 9.68. The van der Waals surface area contributed by atoms with Gasteiger partial charge in [-0.3, -0.25) is 9.59 Å². The van der Waals surface area contributed by atoms with Crippen LogP contribution in [0.2, 0.25) is 0 Å². The van der Waals surface area contributed by atoms with Gasteiger partial charge in [-0.05, 0) is 54.8 Å². The molecule has 0 spiro atoms. The fourth-order valence-electron chi connectivity index (χ4n) is 2.94. The highest BCUT2D eigenvalue weighted by molar-refractivity contribution is 9.10. The maximum absolute atomic E-state index is 11.6. The maximum atomic E-state index is 11.6. The van der Waals surface area contributed by atoms with Crippen LogP contribution in [0.25, 0.3) is 0 Å². The van der Waals surface area contributed by atoms with Crippen molar-refractivity contribution in [3.05, 3.63) is 63.6 Å². The summed E-state index contributed by atoms with van der Waals surface area (Å²) in [7, 11) is 1.63. The van der Waals surface area contributed by atoms with Gasteiger partial charge in [0.25, 0.3) is 0 Å². The van der Waals surface area contributed by atoms with Crippen LogP contribution in [0.15, 0.2) is 46.9 Å². The van der Waals surface area contributed by atoms with Crippen LogP contribution < -0.4 is 10.1 Å². The quantitative estimate of drug-likeness (QED) is 0.400. The highest BCUT2D eigenvalue weighted by Crippen LogP contribution is 2.28. The standard InChI is InChI=1S/C21H24BrNO4/c1-27-18-9-6-15(7-10-18)21(23-12-4-2-3-5-20(25)26)19-11-8-17(22)13-16(19)14-24/h6-11,13-14,21,23H,2-5,12H2,1H3,(H,25,26). The summed E-state index contributed by atoms with van der Waals surface area (Å²) in [6.07, 6.45) is 3.44. The first-order chi connectivity index (χ1) is 13.0. The number of ether oxygens (including phenoxy) is 1. The number of carbonyl (C=O) groups is 2. The van der Waals surface area contributed by atoms with E-state index in [2.05, 4.69) is 21.2 Å². The zero-order chi connectivity index (χ0) is 19.6. The van der Waals surface area contributed by atoms with E-state index in [4.69, 9.17) is 9.84 Å². The highest BCUT2D eigenvalue weighted by Gasteiger charge is 2.17. The van der Waals surface area contributed by atoms with Gasteiger partial charge in [0.15, 0.2) is 0 Å². The molecule has 27 heavy (non-hydrogen) atoms. The van der Waals surface area contributed by atoms with Crippen LogP contribution in [0.1, 0.15) is 53.2 Å². The summed E-state index contributed by atoms with van der Waals surface area (Å²) in [6, 6.07) is 13.3. The van der Waals surface area contributed by atoms with Gasteiger partial charge in [0.2, 0.25) is 0 Å². The zero-order valence-corrected chi connectivity index (χ0v) is 16.9. The second kappa shape index (κ2) is 10.8. The number of carbonyl (C=O) groups excluding carboxylic acids is 1. The Morgan fingerprint density at radius 2 is 1.93 bits per heavy atom. The smallest absolute Gasteiger partial charge is 0.303 e. The van der Waals surface area contributed by atoms with E-state index in [1.165, 1.54) is 0 Å². The average Bonchev–Trinajstić information content (AvgIpc) is 2.67. The van der Waals surface area contributed by atoms with Crippen molar-refractivity contribution < 1.29 is 19.4 Å². The van der Waals surface area contributed by atoms with Crippen LogP contribution in [0.4, 0.5) is 0 Å². The number of carboxylic acids is 1. The minimum atomic E-state index is -0.760. The lowest BCUT2D eigenvalue weighted by molar-refractivity contribution is -0.137. The molecule has 0 amide bonds. The molecule has 6 heteroatoms. The van der Waals surface area contributed by atoms with Crippen LogP contribution in [0.5, 0.6) is 5.75 Å². The van der Waals surface area contributed by atoms with Crippen LogP contribution >= 0.6 is 15.9 Å². The fourth-order valence-corrected chi connectivity index (χ4v) is 3.32. The molecule has 0 aliphatic carbocycles. The number of rotatable bonds is 11. The summed E-state index contributed by atoms with van der Waals surface area (Å²) in [5.74, 6) is 0.0159. The summed E-state index contributed by atoms with van der Waals surface area (Å²) in [5, 5.41) is 12.2. The molecule has 0 bridgehead atoms. The van der Waals surface area contributed by atoms with Gasteiger partial charge in [0.05, 0.1) is 13.2 Å². The molecule has 0 aliphatic rings. The molecule has 144 valence electrons. The molecule has 2 aromatic carbocycles. The molecule has 2 aromatic rings. The highest BCUT2D eigenvalue weighted by atomic mass is 79.9. The molecule has 0 heterocycles. The summed E-state index contributed by atoms with van der Waals surface area (Å²) in [6.45, 7) is 0.727. The van der Waals surface area contributed by atoms with Crippen molar-refractivity contribution in [1.82, 2.24) is 5.32 Å². The number of aliphatic carboxylic acids is 1. The van der Waals surface area contributed by atoms with Crippen molar-refractivity contribution in [3.8, 4) is 5.75 Å². The van der Waals surface area contributed by atoms with Gasteiger partial charge in [0.1, 0.15) is 12.0 Å². The summed E-state index contributed by atoms with van der Waals surface area (Å²) < 4.78 is 6.09. The first kappa shape index (κ1) is 21.1. The van der Waals surface area contributed by atoms with E-state index in [9.17, 15) is 9.59 Å². The first-order valence-electron chi connectivity index (χ1n) is 8.89. The number of hydrogen-bond donors (Lipinski definition) is 2. The third kappa shape index (κ3) is 6.48. The van der Waals surface area contributed by atoms with E-state index in [1.54, 1.807) is 7.11 Å². The molecule has 0 aliphatic heterocycles. The predicted molar refractivity (Wildman–Crippen MR) is 108 cm³/mol. The molecular formula is C21H24BrNO4. The topological polar surface area (TPSA) is 75.6 Å². The van der Waals surface area contributed by atoms with Crippen LogP contribution in [0.3, 0.4) is 0 Å². The minimum Gasteiger partial charge on any atom is -0.497 e. The summed E-state index contributed by atoms with van der Waals surface area (Å²) >= 11 is 3.41. The SMILES string of the molecule is COc1ccc(C(NCCCCCC(=O)O)c2ccc(Br)cc2C=O)cc1. The van der Waals surface area contributed by atoms with E-state index in [0.717, 1.165) is 47.0 Å². The number of halogens is 1. The van der Waals surface area contributed by atoms with Crippen LogP contribution in [-0.2, 0) is 4.79 Å². The molecular weight excluding hydrogens is 410 g/mol. The largest absolute Gasteiger partial charge is 0.497 e. The van der Waals surface area contributed by atoms with Gasteiger partial charge in [0, 0.05) is 16.5 Å². The lowest BCUT2D eigenvalue weighted by Crippen LogP contribution is -2.24. The average molecular weight is 434 g/mol. The molecule has 0 aromatic heterocycles. The Kier molecular flexibility index (Phi) is 8.48. The second-order valence-electron chi connectivity index (χ2n) is 6.26. The number of nitrogens with one attached hydrogen (secondary N) is 1. The van der Waals surface area contributed by atoms with Gasteiger partial charge < -0.3 is 15.2 Å². The molecule has 1 unspecified atom stereocenters. The number of benzene rings is 2. The van der Waals surface area contributed by atoms with E-state index < -0.39 is 5.97 Å². The van der Waals surface area contributed by atoms with Gasteiger partial charge in [-0.15, -0.1) is 0 Å². The molecule has 5 nitrogen and oxygen atoms in total. The molecule has 0 saturated carbocycles. The minimum absolute atomic E-state index is 0.135. The normalized spacial score (nSPS) is 11.8. The molecule has 0 radical (unpaired) electrons. The summed E-state index contributed by atoms with van der Waals surface area (Å²) in [5.41, 5.74) is 2.57. The summed E-state index contributed by atoms with van der Waals surface area (Å²) in [4.78, 5) is 22.2. The number of methoxy groups -OCH3 is 1. The predicted octanol–water partition coefficient (Wildman–Crippen LogP) is 4.59. The van der Waals surface area contributed by atoms with Crippen molar-refractivity contribution in [2.45, 2.75) is 31.7 Å². The number of hydrogen-bond acceptors (Lipinski definition) is 4. The lowest BCUT2D eigenvalue weighted by Gasteiger charge is -2.22. The number of unbranched alkanes of at least 4 members (excludes halogenated alkanes) is 2. The Bertz CT molecular complexity index is 761. The van der Waals surface area contributed by atoms with Gasteiger partial charge in [-0.1, -0.05) is 40.5 Å². The van der Waals surface area contributed by atoms with Crippen molar-refractivity contribution in [2.24, 2.45) is 0 Å². The molecule has 2 N–H and O–H groups in total. The van der Waals surface area contributed by atoms with Crippen molar-refractivity contribution in [2.75, 3.05) is 13.7 Å². The van der Waals surface area contributed by atoms with E-state index in [-0.39, 0.29) is 12.5 Å². The Balaban J connectivity index is 2.16. The molecule has 0 fully saturated rings. The van der Waals surface area contributed by atoms with E-state index >= 15 is 0 Å².